The van der Waals surface area contributed by atoms with E-state index >= 15 is 0 Å². The Morgan fingerprint density at radius 2 is 1.70 bits per heavy atom. The van der Waals surface area contributed by atoms with Gasteiger partial charge >= 0.3 is 0 Å². The lowest BCUT2D eigenvalue weighted by atomic mass is 10.00. The zero-order valence-electron chi connectivity index (χ0n) is 12.1. The summed E-state index contributed by atoms with van der Waals surface area (Å²) < 4.78 is 0. The molecule has 0 saturated carbocycles. The van der Waals surface area contributed by atoms with Crippen LogP contribution in [0.5, 0.6) is 0 Å². The zero-order valence-corrected chi connectivity index (χ0v) is 12.1. The molecule has 0 fully saturated rings. The third-order valence-electron chi connectivity index (χ3n) is 3.46. The summed E-state index contributed by atoms with van der Waals surface area (Å²) in [4.78, 5) is 31.5. The van der Waals surface area contributed by atoms with Crippen LogP contribution in [-0.2, 0) is 0 Å². The van der Waals surface area contributed by atoms with Crippen LogP contribution in [0, 0.1) is 0 Å². The number of hydrogen-bond acceptors (Lipinski definition) is 4. The summed E-state index contributed by atoms with van der Waals surface area (Å²) in [6.45, 7) is 0. The predicted octanol–water partition coefficient (Wildman–Crippen LogP) is 1.99. The average molecular weight is 306 g/mol. The van der Waals surface area contributed by atoms with Crippen molar-refractivity contribution in [3.05, 3.63) is 71.5 Å². The number of aromatic amines is 1. The number of carbonyl (C=O) groups is 2. The number of H-pyrrole nitrogens is 1. The Labute approximate surface area is 132 Å². The Hall–Kier alpha value is -3.41. The van der Waals surface area contributed by atoms with E-state index in [0.29, 0.717) is 16.8 Å². The van der Waals surface area contributed by atoms with Crippen LogP contribution in [0.3, 0.4) is 0 Å². The first-order valence-corrected chi connectivity index (χ1v) is 6.92. The molecule has 1 aromatic carbocycles. The maximum Gasteiger partial charge on any atom is 0.253 e. The summed E-state index contributed by atoms with van der Waals surface area (Å²) in [5.74, 6) is -0.950. The Kier molecular flexibility index (Phi) is 3.64. The van der Waals surface area contributed by atoms with E-state index in [4.69, 9.17) is 11.5 Å². The van der Waals surface area contributed by atoms with E-state index in [0.717, 1.165) is 0 Å². The Bertz CT molecular complexity index is 870. The molecule has 6 heteroatoms. The van der Waals surface area contributed by atoms with E-state index in [1.165, 1.54) is 0 Å². The van der Waals surface area contributed by atoms with Gasteiger partial charge in [0, 0.05) is 17.3 Å². The van der Waals surface area contributed by atoms with Gasteiger partial charge in [-0.05, 0) is 12.1 Å². The molecule has 0 saturated heterocycles. The normalized spacial score (nSPS) is 10.4. The monoisotopic (exact) mass is 306 g/mol. The minimum Gasteiger partial charge on any atom is -0.385 e. The van der Waals surface area contributed by atoms with Crippen LogP contribution in [-0.4, -0.2) is 21.7 Å². The molecule has 0 atom stereocenters. The van der Waals surface area contributed by atoms with Gasteiger partial charge in [-0.25, -0.2) is 0 Å². The van der Waals surface area contributed by atoms with Crippen LogP contribution in [0.2, 0.25) is 0 Å². The van der Waals surface area contributed by atoms with Gasteiger partial charge in [-0.3, -0.25) is 14.6 Å². The molecule has 2 aromatic heterocycles. The first-order valence-electron chi connectivity index (χ1n) is 6.92. The molecule has 0 radical (unpaired) electrons. The Morgan fingerprint density at radius 1 is 1.00 bits per heavy atom. The van der Waals surface area contributed by atoms with Crippen molar-refractivity contribution < 1.29 is 9.59 Å². The number of carbonyl (C=O) groups excluding carboxylic acids is 2. The molecule has 0 aliphatic heterocycles. The minimum absolute atomic E-state index is 0.0532. The molecule has 2 heterocycles. The molecule has 0 bridgehead atoms. The molecule has 0 aliphatic carbocycles. The highest BCUT2D eigenvalue weighted by molar-refractivity contribution is 6.16. The highest BCUT2D eigenvalue weighted by Crippen LogP contribution is 2.31. The van der Waals surface area contributed by atoms with Gasteiger partial charge < -0.3 is 16.5 Å². The molecular formula is C17H14N4O2. The zero-order chi connectivity index (χ0) is 16.4. The van der Waals surface area contributed by atoms with E-state index in [-0.39, 0.29) is 22.9 Å². The Balaban J connectivity index is 2.24. The number of aromatic nitrogens is 2. The van der Waals surface area contributed by atoms with Crippen molar-refractivity contribution in [2.45, 2.75) is 0 Å². The SMILES string of the molecule is NC(=O)c1c(N)[nH]c(C(=O)c2ccccc2)c1-c1ccccn1. The second-order valence-corrected chi connectivity index (χ2v) is 4.94. The largest absolute Gasteiger partial charge is 0.385 e. The van der Waals surface area contributed by atoms with Gasteiger partial charge in [0.15, 0.2) is 0 Å². The highest BCUT2D eigenvalue weighted by atomic mass is 16.1. The van der Waals surface area contributed by atoms with E-state index in [9.17, 15) is 9.59 Å². The first-order chi connectivity index (χ1) is 11.1. The lowest BCUT2D eigenvalue weighted by Gasteiger charge is -2.05. The average Bonchev–Trinajstić information content (AvgIpc) is 2.93. The number of nitrogens with two attached hydrogens (primary N) is 2. The summed E-state index contributed by atoms with van der Waals surface area (Å²) in [7, 11) is 0. The molecule has 5 N–H and O–H groups in total. The minimum atomic E-state index is -0.716. The lowest BCUT2D eigenvalue weighted by molar-refractivity contribution is 0.100. The maximum atomic E-state index is 12.8. The van der Waals surface area contributed by atoms with Gasteiger partial charge in [0.05, 0.1) is 17.0 Å². The van der Waals surface area contributed by atoms with Gasteiger partial charge in [0.2, 0.25) is 5.78 Å². The fourth-order valence-corrected chi connectivity index (χ4v) is 2.45. The molecular weight excluding hydrogens is 292 g/mol. The molecule has 114 valence electrons. The molecule has 6 nitrogen and oxygen atoms in total. The number of pyridine rings is 1. The third-order valence-corrected chi connectivity index (χ3v) is 3.46. The highest BCUT2D eigenvalue weighted by Gasteiger charge is 2.26. The fourth-order valence-electron chi connectivity index (χ4n) is 2.45. The summed E-state index contributed by atoms with van der Waals surface area (Å²) >= 11 is 0. The lowest BCUT2D eigenvalue weighted by Crippen LogP contribution is -2.14. The fraction of sp³-hybridized carbons (Fsp3) is 0. The van der Waals surface area contributed by atoms with Gasteiger partial charge in [0.25, 0.3) is 5.91 Å². The van der Waals surface area contributed by atoms with E-state index in [1.54, 1.807) is 48.7 Å². The standard InChI is InChI=1S/C17H14N4O2/c18-16-13(17(19)23)12(11-8-4-5-9-20-11)14(21-16)15(22)10-6-2-1-3-7-10/h1-9,21H,18H2,(H2,19,23). The molecule has 23 heavy (non-hydrogen) atoms. The smallest absolute Gasteiger partial charge is 0.253 e. The number of ketones is 1. The molecule has 0 spiro atoms. The summed E-state index contributed by atoms with van der Waals surface area (Å²) in [5, 5.41) is 0. The van der Waals surface area contributed by atoms with Crippen molar-refractivity contribution >= 4 is 17.5 Å². The quantitative estimate of drug-likeness (QED) is 0.639. The molecule has 0 aliphatic rings. The van der Waals surface area contributed by atoms with Crippen molar-refractivity contribution in [1.29, 1.82) is 0 Å². The number of anilines is 1. The summed E-state index contributed by atoms with van der Waals surface area (Å²) in [6, 6.07) is 13.9. The van der Waals surface area contributed by atoms with E-state index in [1.807, 2.05) is 6.07 Å². The second-order valence-electron chi connectivity index (χ2n) is 4.94. The number of nitrogens with one attached hydrogen (secondary N) is 1. The third kappa shape index (κ3) is 2.57. The van der Waals surface area contributed by atoms with Gasteiger partial charge in [0.1, 0.15) is 5.82 Å². The van der Waals surface area contributed by atoms with Crippen molar-refractivity contribution in [1.82, 2.24) is 9.97 Å². The topological polar surface area (TPSA) is 115 Å². The number of amides is 1. The molecule has 3 rings (SSSR count). The van der Waals surface area contributed by atoms with Crippen LogP contribution in [0.4, 0.5) is 5.82 Å². The van der Waals surface area contributed by atoms with Crippen LogP contribution in [0.1, 0.15) is 26.4 Å². The van der Waals surface area contributed by atoms with Crippen LogP contribution in [0.15, 0.2) is 54.7 Å². The van der Waals surface area contributed by atoms with Crippen molar-refractivity contribution in [2.24, 2.45) is 5.73 Å². The number of primary amides is 1. The number of rotatable bonds is 4. The number of nitrogen functional groups attached to an aromatic ring is 1. The van der Waals surface area contributed by atoms with Gasteiger partial charge in [-0.15, -0.1) is 0 Å². The van der Waals surface area contributed by atoms with Crippen molar-refractivity contribution in [3.63, 3.8) is 0 Å². The van der Waals surface area contributed by atoms with E-state index < -0.39 is 5.91 Å². The number of benzene rings is 1. The summed E-state index contributed by atoms with van der Waals surface area (Å²) in [6.07, 6.45) is 1.57. The second kappa shape index (κ2) is 5.76. The van der Waals surface area contributed by atoms with Crippen LogP contribution in [0.25, 0.3) is 11.3 Å². The number of hydrogen-bond donors (Lipinski definition) is 3. The van der Waals surface area contributed by atoms with Crippen molar-refractivity contribution in [3.8, 4) is 11.3 Å². The Morgan fingerprint density at radius 3 is 2.30 bits per heavy atom. The van der Waals surface area contributed by atoms with E-state index in [2.05, 4.69) is 9.97 Å². The van der Waals surface area contributed by atoms with Crippen LogP contribution >= 0.6 is 0 Å². The first kappa shape index (κ1) is 14.5. The molecule has 1 amide bonds. The maximum absolute atomic E-state index is 12.8. The predicted molar refractivity (Wildman–Crippen MR) is 86.8 cm³/mol. The van der Waals surface area contributed by atoms with Gasteiger partial charge in [-0.2, -0.15) is 0 Å². The molecule has 0 unspecified atom stereocenters. The van der Waals surface area contributed by atoms with Crippen LogP contribution < -0.4 is 11.5 Å². The molecule has 3 aromatic rings. The summed E-state index contributed by atoms with van der Waals surface area (Å²) in [5.41, 5.74) is 12.8. The number of nitrogens with zero attached hydrogens (tertiary/aromatic N) is 1. The van der Waals surface area contributed by atoms with Gasteiger partial charge in [-0.1, -0.05) is 36.4 Å². The van der Waals surface area contributed by atoms with Crippen molar-refractivity contribution in [2.75, 3.05) is 5.73 Å².